The minimum Gasteiger partial charge on any atom is -0.463 e. The van der Waals surface area contributed by atoms with E-state index in [9.17, 15) is 59.4 Å². The first-order valence-corrected chi connectivity index (χ1v) is 28.7. The van der Waals surface area contributed by atoms with Gasteiger partial charge in [-0.2, -0.15) is 0 Å². The highest BCUT2D eigenvalue weighted by atomic mass is 16.7. The Morgan fingerprint density at radius 1 is 0.651 bits per heavy atom. The lowest BCUT2D eigenvalue weighted by Gasteiger charge is -2.59. The second-order valence-corrected chi connectivity index (χ2v) is 23.3. The molecule has 3 unspecified atom stereocenters. The van der Waals surface area contributed by atoms with Crippen molar-refractivity contribution in [1.29, 1.82) is 0 Å². The van der Waals surface area contributed by atoms with Crippen LogP contribution in [0.4, 0.5) is 0 Å². The number of aliphatic hydroxyl groups is 6. The van der Waals surface area contributed by atoms with Gasteiger partial charge in [0.05, 0.1) is 95.7 Å². The van der Waals surface area contributed by atoms with E-state index < -0.39 is 151 Å². The van der Waals surface area contributed by atoms with Gasteiger partial charge >= 0.3 is 23.9 Å². The zero-order valence-electron chi connectivity index (χ0n) is 47.2. The van der Waals surface area contributed by atoms with Crippen molar-refractivity contribution in [2.24, 2.45) is 57.3 Å². The van der Waals surface area contributed by atoms with Crippen LogP contribution >= 0.6 is 0 Å². The molecule has 83 heavy (non-hydrogen) atoms. The monoisotopic (exact) mass is 1190 g/mol. The molecule has 0 aromatic rings. The Morgan fingerprint density at radius 3 is 1.78 bits per heavy atom. The number of ether oxygens (including phenoxy) is 11. The van der Waals surface area contributed by atoms with Crippen molar-refractivity contribution in [2.75, 3.05) is 72.6 Å². The van der Waals surface area contributed by atoms with Gasteiger partial charge in [0.15, 0.2) is 25.0 Å². The van der Waals surface area contributed by atoms with E-state index in [1.807, 2.05) is 19.9 Å². The standard InChI is InChI=1S/C55H87N5O23/c1-53-11-9-29(61)21-28(53)3-4-30-31-10-12-55(72,54(31,2)24-36(63)44(30)53)39(64)27-79-43(68)8-6-41(66)77-20-18-75-16-14-73-13-15-74-17-19-76-40(65)5-7-42(67)78-26-38-46(69)45(60)47(70)52(81-38)83-50-33(58)22-32(57)49(48(50)71)82-51-34(59)23-35(62)37(25-56)80-51/h9,11,21,30-38,44-52,62-63,69-72H,3-8,10,12-20,22-27,56-60H2,1-2H3/t30?,31?,32-,33+,34+,35-,36-,37+,38+,44?,45-,46+,47+,48-,49+,50-,51+,52+,53-,54-,55-/m0/s1. The first-order chi connectivity index (χ1) is 39.4. The number of esters is 4. The topological polar surface area (TPSA) is 455 Å². The van der Waals surface area contributed by atoms with Crippen LogP contribution in [0.25, 0.3) is 0 Å². The van der Waals surface area contributed by atoms with E-state index in [4.69, 9.17) is 80.8 Å². The van der Waals surface area contributed by atoms with Crippen LogP contribution in [-0.2, 0) is 80.9 Å². The molecule has 21 atom stereocenters. The molecule has 4 saturated carbocycles. The van der Waals surface area contributed by atoms with Crippen molar-refractivity contribution >= 4 is 35.4 Å². The molecule has 28 nitrogen and oxygen atoms in total. The number of allylic oxidation sites excluding steroid dienone is 4. The summed E-state index contributed by atoms with van der Waals surface area (Å²) < 4.78 is 60.3. The molecule has 2 aliphatic heterocycles. The molecule has 0 spiro atoms. The number of rotatable bonds is 28. The third-order valence-electron chi connectivity index (χ3n) is 17.9. The highest BCUT2D eigenvalue weighted by Crippen LogP contribution is 2.67. The quantitative estimate of drug-likeness (QED) is 0.0202. The Bertz CT molecular complexity index is 2300. The number of aliphatic hydroxyl groups excluding tert-OH is 5. The summed E-state index contributed by atoms with van der Waals surface area (Å²) in [6.07, 6.45) is -7.13. The molecule has 16 N–H and O–H groups in total. The van der Waals surface area contributed by atoms with Gasteiger partial charge in [-0.15, -0.1) is 0 Å². The van der Waals surface area contributed by atoms with Crippen LogP contribution < -0.4 is 28.7 Å². The second-order valence-electron chi connectivity index (χ2n) is 23.3. The summed E-state index contributed by atoms with van der Waals surface area (Å²) in [4.78, 5) is 75.3. The lowest BCUT2D eigenvalue weighted by Crippen LogP contribution is -2.68. The molecule has 28 heteroatoms. The molecular formula is C55H87N5O23. The lowest BCUT2D eigenvalue weighted by atomic mass is 9.46. The normalized spacial score (nSPS) is 39.4. The molecule has 7 rings (SSSR count). The number of nitrogens with two attached hydrogens (primary N) is 5. The number of carbonyl (C=O) groups excluding carboxylic acids is 6. The van der Waals surface area contributed by atoms with Crippen LogP contribution in [0.2, 0.25) is 0 Å². The van der Waals surface area contributed by atoms with Gasteiger partial charge < -0.3 is 111 Å². The predicted octanol–water partition coefficient (Wildman–Crippen LogP) is -3.93. The predicted molar refractivity (Wildman–Crippen MR) is 284 cm³/mol. The van der Waals surface area contributed by atoms with Gasteiger partial charge in [0, 0.05) is 35.4 Å². The molecule has 0 amide bonds. The SMILES string of the molecule is C[C@]12C=CC(=O)C=C1CCC1C2[C@@H](O)C[C@@]2(C)C1CC[C@]2(O)C(=O)COC(=O)CCC(=O)OCCOCCOCCOCCOC(=O)CCC(=O)OC[C@H]1O[C@H](O[C@@H]2[C@@H](O)[C@H](O[C@H]3O[C@H](CN)[C@@H](O)C[C@H]3N)[C@@H](N)C[C@H]2N)[C@H](O)[C@@H](N)[C@@H]1O. The maximum absolute atomic E-state index is 13.6. The van der Waals surface area contributed by atoms with Gasteiger partial charge in [-0.1, -0.05) is 25.5 Å². The minimum absolute atomic E-state index is 0.0116. The van der Waals surface area contributed by atoms with E-state index in [0.717, 1.165) is 12.0 Å². The number of hydrogen-bond donors (Lipinski definition) is 11. The summed E-state index contributed by atoms with van der Waals surface area (Å²) in [6, 6.07) is -3.80. The van der Waals surface area contributed by atoms with Gasteiger partial charge in [-0.25, -0.2) is 0 Å². The lowest BCUT2D eigenvalue weighted by molar-refractivity contribution is -0.315. The summed E-state index contributed by atoms with van der Waals surface area (Å²) in [6.45, 7) is 3.28. The molecular weight excluding hydrogens is 1100 g/mol. The molecule has 2 saturated heterocycles. The molecule has 0 aromatic heterocycles. The van der Waals surface area contributed by atoms with Gasteiger partial charge in [0.1, 0.15) is 62.0 Å². The maximum atomic E-state index is 13.6. The van der Waals surface area contributed by atoms with Crippen LogP contribution in [0, 0.1) is 28.6 Å². The first kappa shape index (κ1) is 66.5. The first-order valence-electron chi connectivity index (χ1n) is 28.7. The fraction of sp³-hybridized carbons (Fsp3) is 0.818. The van der Waals surface area contributed by atoms with E-state index in [2.05, 4.69) is 0 Å². The number of carbonyl (C=O) groups is 6. The van der Waals surface area contributed by atoms with Crippen molar-refractivity contribution < 1.29 is 112 Å². The van der Waals surface area contributed by atoms with E-state index >= 15 is 0 Å². The van der Waals surface area contributed by atoms with Crippen molar-refractivity contribution in [3.63, 3.8) is 0 Å². The van der Waals surface area contributed by atoms with Crippen molar-refractivity contribution in [3.8, 4) is 0 Å². The third-order valence-corrected chi connectivity index (χ3v) is 17.9. The van der Waals surface area contributed by atoms with Gasteiger partial charge in [-0.05, 0) is 68.9 Å². The smallest absolute Gasteiger partial charge is 0.306 e. The molecule has 0 aromatic carbocycles. The van der Waals surface area contributed by atoms with Crippen molar-refractivity contribution in [3.05, 3.63) is 23.8 Å². The second kappa shape index (κ2) is 29.6. The molecule has 0 radical (unpaired) electrons. The Labute approximate surface area is 481 Å². The maximum Gasteiger partial charge on any atom is 0.306 e. The van der Waals surface area contributed by atoms with Gasteiger partial charge in [0.2, 0.25) is 5.78 Å². The summed E-state index contributed by atoms with van der Waals surface area (Å²) in [5, 5.41) is 66.6. The zero-order chi connectivity index (χ0) is 60.4. The van der Waals surface area contributed by atoms with Crippen LogP contribution in [0.1, 0.15) is 84.5 Å². The largest absolute Gasteiger partial charge is 0.463 e. The summed E-state index contributed by atoms with van der Waals surface area (Å²) >= 11 is 0. The summed E-state index contributed by atoms with van der Waals surface area (Å²) in [7, 11) is 0. The average molecular weight is 1190 g/mol. The van der Waals surface area contributed by atoms with Crippen LogP contribution in [0.15, 0.2) is 23.8 Å². The van der Waals surface area contributed by atoms with E-state index in [-0.39, 0.29) is 134 Å². The molecule has 6 fully saturated rings. The Morgan fingerprint density at radius 2 is 1.19 bits per heavy atom. The van der Waals surface area contributed by atoms with E-state index in [1.54, 1.807) is 12.2 Å². The Hall–Kier alpha value is -4.02. The van der Waals surface area contributed by atoms with Crippen molar-refractivity contribution in [2.45, 2.75) is 182 Å². The zero-order valence-corrected chi connectivity index (χ0v) is 47.2. The number of ketones is 2. The number of hydrogen-bond acceptors (Lipinski definition) is 28. The minimum atomic E-state index is -1.81. The van der Waals surface area contributed by atoms with Gasteiger partial charge in [-0.3, -0.25) is 28.8 Å². The van der Waals surface area contributed by atoms with E-state index in [0.29, 0.717) is 12.8 Å². The molecule has 5 aliphatic carbocycles. The molecule has 7 aliphatic rings. The van der Waals surface area contributed by atoms with Crippen LogP contribution in [-0.4, -0.2) is 236 Å². The molecule has 470 valence electrons. The van der Waals surface area contributed by atoms with E-state index in [1.165, 1.54) is 0 Å². The molecule has 0 bridgehead atoms. The number of fused-ring (bicyclic) bond motifs is 5. The van der Waals surface area contributed by atoms with Gasteiger partial charge in [0.25, 0.3) is 0 Å². The van der Waals surface area contributed by atoms with Crippen LogP contribution in [0.5, 0.6) is 0 Å². The third kappa shape index (κ3) is 15.8. The highest BCUT2D eigenvalue weighted by Gasteiger charge is 2.68. The highest BCUT2D eigenvalue weighted by molar-refractivity contribution is 6.01. The summed E-state index contributed by atoms with van der Waals surface area (Å²) in [5.74, 6) is -3.92. The Balaban J connectivity index is 0.675. The summed E-state index contributed by atoms with van der Waals surface area (Å²) in [5.41, 5.74) is 28.3. The fourth-order valence-corrected chi connectivity index (χ4v) is 13.3. The van der Waals surface area contributed by atoms with Crippen molar-refractivity contribution in [1.82, 2.24) is 0 Å². The average Bonchev–Trinajstić information content (AvgIpc) is 4.03. The fourth-order valence-electron chi connectivity index (χ4n) is 13.3. The molecule has 2 heterocycles. The van der Waals surface area contributed by atoms with Crippen LogP contribution in [0.3, 0.4) is 0 Å². The number of Topliss-reactive ketones (excluding diaryl/α,β-unsaturated/α-hetero) is 1. The Kier molecular flexibility index (Phi) is 23.7.